The molecule has 0 saturated carbocycles. The zero-order valence-electron chi connectivity index (χ0n) is 11.5. The molecule has 0 aromatic rings. The lowest BCUT2D eigenvalue weighted by Crippen LogP contribution is -2.52. The Kier molecular flexibility index (Phi) is 7.04. The van der Waals surface area contributed by atoms with Crippen LogP contribution in [0.1, 0.15) is 40.0 Å². The lowest BCUT2D eigenvalue weighted by molar-refractivity contribution is -0.156. The van der Waals surface area contributed by atoms with E-state index in [1.165, 1.54) is 19.3 Å². The predicted octanol–water partition coefficient (Wildman–Crippen LogP) is 1.59. The largest absolute Gasteiger partial charge is 0.352 e. The Bertz CT molecular complexity index is 196. The topological polar surface area (TPSA) is 47.7 Å². The molecule has 0 aromatic heterocycles. The van der Waals surface area contributed by atoms with Gasteiger partial charge in [-0.2, -0.15) is 0 Å². The predicted molar refractivity (Wildman–Crippen MR) is 69.9 cm³/mol. The third kappa shape index (κ3) is 4.54. The first-order valence-corrected chi connectivity index (χ1v) is 6.91. The average molecular weight is 244 g/mol. The van der Waals surface area contributed by atoms with E-state index < -0.39 is 0 Å². The molecular formula is C13H28N2O2. The Morgan fingerprint density at radius 1 is 1.24 bits per heavy atom. The maximum absolute atomic E-state index is 5.86. The van der Waals surface area contributed by atoms with Gasteiger partial charge in [-0.1, -0.05) is 6.42 Å². The van der Waals surface area contributed by atoms with Gasteiger partial charge < -0.3 is 15.2 Å². The van der Waals surface area contributed by atoms with Gasteiger partial charge >= 0.3 is 0 Å². The number of likely N-dealkylation sites (tertiary alicyclic amines) is 1. The quantitative estimate of drug-likeness (QED) is 0.691. The minimum atomic E-state index is -0.111. The summed E-state index contributed by atoms with van der Waals surface area (Å²) >= 11 is 0. The van der Waals surface area contributed by atoms with E-state index >= 15 is 0 Å². The summed E-state index contributed by atoms with van der Waals surface area (Å²) in [5, 5.41) is 0. The summed E-state index contributed by atoms with van der Waals surface area (Å²) in [4.78, 5) is 2.46. The van der Waals surface area contributed by atoms with Crippen molar-refractivity contribution < 1.29 is 9.47 Å². The molecule has 1 fully saturated rings. The first kappa shape index (κ1) is 14.9. The van der Waals surface area contributed by atoms with Crippen LogP contribution in [0.5, 0.6) is 0 Å². The van der Waals surface area contributed by atoms with Crippen molar-refractivity contribution >= 4 is 0 Å². The lowest BCUT2D eigenvalue weighted by atomic mass is 9.96. The Morgan fingerprint density at radius 2 is 1.88 bits per heavy atom. The maximum atomic E-state index is 5.86. The van der Waals surface area contributed by atoms with Crippen LogP contribution in [0.3, 0.4) is 0 Å². The number of nitrogens with two attached hydrogens (primary N) is 1. The van der Waals surface area contributed by atoms with Crippen molar-refractivity contribution in [1.29, 1.82) is 0 Å². The van der Waals surface area contributed by atoms with Gasteiger partial charge in [-0.05, 0) is 33.6 Å². The van der Waals surface area contributed by atoms with Crippen LogP contribution < -0.4 is 5.73 Å². The first-order chi connectivity index (χ1) is 8.22. The van der Waals surface area contributed by atoms with Gasteiger partial charge in [0.2, 0.25) is 0 Å². The maximum Gasteiger partial charge on any atom is 0.170 e. The molecular weight excluding hydrogens is 216 g/mol. The molecule has 1 rings (SSSR count). The van der Waals surface area contributed by atoms with Gasteiger partial charge in [-0.3, -0.25) is 4.90 Å². The van der Waals surface area contributed by atoms with Crippen molar-refractivity contribution in [3.63, 3.8) is 0 Å². The van der Waals surface area contributed by atoms with Crippen LogP contribution in [0, 0.1) is 0 Å². The SMILES string of the molecule is CCOC(CN1C(C)CCCC1CN)OCC. The molecule has 0 aromatic carbocycles. The van der Waals surface area contributed by atoms with Crippen LogP contribution in [0.25, 0.3) is 0 Å². The summed E-state index contributed by atoms with van der Waals surface area (Å²) in [5.41, 5.74) is 5.86. The molecule has 0 radical (unpaired) electrons. The molecule has 0 spiro atoms. The highest BCUT2D eigenvalue weighted by Gasteiger charge is 2.29. The van der Waals surface area contributed by atoms with E-state index in [9.17, 15) is 0 Å². The second kappa shape index (κ2) is 8.03. The van der Waals surface area contributed by atoms with E-state index in [2.05, 4.69) is 11.8 Å². The van der Waals surface area contributed by atoms with Gasteiger partial charge in [0.1, 0.15) is 0 Å². The Labute approximate surface area is 105 Å². The minimum absolute atomic E-state index is 0.111. The van der Waals surface area contributed by atoms with Crippen LogP contribution in [-0.2, 0) is 9.47 Å². The molecule has 4 nitrogen and oxygen atoms in total. The van der Waals surface area contributed by atoms with E-state index in [1.54, 1.807) is 0 Å². The summed E-state index contributed by atoms with van der Waals surface area (Å²) in [5.74, 6) is 0. The average Bonchev–Trinajstić information content (AvgIpc) is 2.32. The second-order valence-electron chi connectivity index (χ2n) is 4.71. The number of piperidine rings is 1. The third-order valence-corrected chi connectivity index (χ3v) is 3.53. The Hall–Kier alpha value is -0.160. The fourth-order valence-corrected chi connectivity index (χ4v) is 2.62. The zero-order chi connectivity index (χ0) is 12.7. The minimum Gasteiger partial charge on any atom is -0.352 e. The zero-order valence-corrected chi connectivity index (χ0v) is 11.5. The van der Waals surface area contributed by atoms with E-state index in [0.29, 0.717) is 25.3 Å². The van der Waals surface area contributed by atoms with E-state index in [4.69, 9.17) is 15.2 Å². The number of ether oxygens (including phenoxy) is 2. The molecule has 1 aliphatic rings. The Morgan fingerprint density at radius 3 is 2.41 bits per heavy atom. The molecule has 0 aliphatic carbocycles. The fourth-order valence-electron chi connectivity index (χ4n) is 2.62. The molecule has 4 heteroatoms. The van der Waals surface area contributed by atoms with Gasteiger partial charge in [-0.25, -0.2) is 0 Å². The molecule has 0 bridgehead atoms. The standard InChI is InChI=1S/C13H28N2O2/c1-4-16-13(17-5-2)10-15-11(3)7-6-8-12(15)9-14/h11-13H,4-10,14H2,1-3H3. The molecule has 2 atom stereocenters. The highest BCUT2D eigenvalue weighted by atomic mass is 16.7. The van der Waals surface area contributed by atoms with Gasteiger partial charge in [0.15, 0.2) is 6.29 Å². The molecule has 102 valence electrons. The summed E-state index contributed by atoms with van der Waals surface area (Å²) < 4.78 is 11.2. The van der Waals surface area contributed by atoms with Crippen LogP contribution in [0.4, 0.5) is 0 Å². The van der Waals surface area contributed by atoms with Crippen LogP contribution >= 0.6 is 0 Å². The van der Waals surface area contributed by atoms with Gasteiger partial charge in [0.05, 0.1) is 6.54 Å². The number of hydrogen-bond acceptors (Lipinski definition) is 4. The molecule has 2 unspecified atom stereocenters. The van der Waals surface area contributed by atoms with Crippen molar-refractivity contribution in [3.05, 3.63) is 0 Å². The summed E-state index contributed by atoms with van der Waals surface area (Å²) in [7, 11) is 0. The number of hydrogen-bond donors (Lipinski definition) is 1. The summed E-state index contributed by atoms with van der Waals surface area (Å²) in [6, 6.07) is 1.07. The molecule has 1 heterocycles. The van der Waals surface area contributed by atoms with Crippen molar-refractivity contribution in [2.75, 3.05) is 26.3 Å². The fraction of sp³-hybridized carbons (Fsp3) is 1.00. The van der Waals surface area contributed by atoms with E-state index in [0.717, 1.165) is 13.1 Å². The monoisotopic (exact) mass is 244 g/mol. The molecule has 17 heavy (non-hydrogen) atoms. The first-order valence-electron chi connectivity index (χ1n) is 6.91. The molecule has 1 aliphatic heterocycles. The van der Waals surface area contributed by atoms with E-state index in [-0.39, 0.29) is 6.29 Å². The molecule has 0 amide bonds. The normalized spacial score (nSPS) is 26.6. The van der Waals surface area contributed by atoms with Gasteiger partial charge in [0, 0.05) is 31.8 Å². The highest BCUT2D eigenvalue weighted by molar-refractivity contribution is 4.83. The van der Waals surface area contributed by atoms with Crippen LogP contribution in [-0.4, -0.2) is 49.6 Å². The van der Waals surface area contributed by atoms with Crippen molar-refractivity contribution in [1.82, 2.24) is 4.90 Å². The van der Waals surface area contributed by atoms with Crippen molar-refractivity contribution in [2.24, 2.45) is 5.73 Å². The van der Waals surface area contributed by atoms with Crippen molar-refractivity contribution in [2.45, 2.75) is 58.4 Å². The van der Waals surface area contributed by atoms with Crippen LogP contribution in [0.2, 0.25) is 0 Å². The van der Waals surface area contributed by atoms with Crippen molar-refractivity contribution in [3.8, 4) is 0 Å². The van der Waals surface area contributed by atoms with Crippen LogP contribution in [0.15, 0.2) is 0 Å². The molecule has 2 N–H and O–H groups in total. The smallest absolute Gasteiger partial charge is 0.170 e. The third-order valence-electron chi connectivity index (χ3n) is 3.53. The number of nitrogens with zero attached hydrogens (tertiary/aromatic N) is 1. The lowest BCUT2D eigenvalue weighted by Gasteiger charge is -2.41. The van der Waals surface area contributed by atoms with Gasteiger partial charge in [0.25, 0.3) is 0 Å². The number of rotatable bonds is 7. The molecule has 1 saturated heterocycles. The summed E-state index contributed by atoms with van der Waals surface area (Å²) in [6.45, 7) is 9.25. The van der Waals surface area contributed by atoms with E-state index in [1.807, 2.05) is 13.8 Å². The highest BCUT2D eigenvalue weighted by Crippen LogP contribution is 2.22. The second-order valence-corrected chi connectivity index (χ2v) is 4.71. The Balaban J connectivity index is 2.53. The summed E-state index contributed by atoms with van der Waals surface area (Å²) in [6.07, 6.45) is 3.63. The van der Waals surface area contributed by atoms with Gasteiger partial charge in [-0.15, -0.1) is 0 Å².